The summed E-state index contributed by atoms with van der Waals surface area (Å²) >= 11 is 0. The van der Waals surface area contributed by atoms with E-state index in [1.165, 1.54) is 35.2 Å². The first kappa shape index (κ1) is 24.9. The molecule has 3 aromatic rings. The van der Waals surface area contributed by atoms with Crippen molar-refractivity contribution in [2.45, 2.75) is 6.42 Å². The van der Waals surface area contributed by atoms with Gasteiger partial charge >= 0.3 is 5.97 Å². The summed E-state index contributed by atoms with van der Waals surface area (Å²) in [7, 11) is 0. The fourth-order valence-corrected chi connectivity index (χ4v) is 3.10. The fraction of sp³-hybridized carbons (Fsp3) is 0.154. The summed E-state index contributed by atoms with van der Waals surface area (Å²) in [6.45, 7) is -0.886. The first-order valence-corrected chi connectivity index (χ1v) is 10.7. The number of para-hydroxylation sites is 3. The molecule has 0 saturated carbocycles. The highest BCUT2D eigenvalue weighted by Gasteiger charge is 2.20. The van der Waals surface area contributed by atoms with Gasteiger partial charge in [0.1, 0.15) is 17.1 Å². The average molecular weight is 475 g/mol. The van der Waals surface area contributed by atoms with E-state index in [1.54, 1.807) is 48.5 Å². The standard InChI is InChI=1S/C26H22FN3O5/c27-21-12-5-6-13-22(21)29-24(31)17-34-23-14-7-4-11-20(23)26(33)35-18-25(32)30(16-8-15-28)19-9-2-1-3-10-19/h1-7,9-14H,8,16-18H2,(H,29,31). The van der Waals surface area contributed by atoms with Crippen molar-refractivity contribution in [2.24, 2.45) is 0 Å². The van der Waals surface area contributed by atoms with Crippen molar-refractivity contribution in [2.75, 3.05) is 30.0 Å². The number of nitrogens with one attached hydrogen (secondary N) is 1. The number of nitriles is 1. The van der Waals surface area contributed by atoms with E-state index in [1.807, 2.05) is 6.07 Å². The second-order valence-electron chi connectivity index (χ2n) is 7.18. The molecule has 2 amide bonds. The molecule has 0 spiro atoms. The molecule has 0 heterocycles. The molecule has 0 aliphatic carbocycles. The van der Waals surface area contributed by atoms with Crippen LogP contribution in [0, 0.1) is 17.1 Å². The van der Waals surface area contributed by atoms with Gasteiger partial charge in [-0.15, -0.1) is 0 Å². The number of hydrogen-bond acceptors (Lipinski definition) is 6. The number of ether oxygens (including phenoxy) is 2. The Kier molecular flexibility index (Phi) is 8.91. The second-order valence-corrected chi connectivity index (χ2v) is 7.18. The summed E-state index contributed by atoms with van der Waals surface area (Å²) in [5, 5.41) is 11.3. The SMILES string of the molecule is N#CCCN(C(=O)COC(=O)c1ccccc1OCC(=O)Nc1ccccc1F)c1ccccc1. The van der Waals surface area contributed by atoms with E-state index in [-0.39, 0.29) is 30.0 Å². The maximum Gasteiger partial charge on any atom is 0.342 e. The van der Waals surface area contributed by atoms with Crippen LogP contribution in [0.5, 0.6) is 5.75 Å². The van der Waals surface area contributed by atoms with Crippen molar-refractivity contribution in [3.05, 3.63) is 90.2 Å². The third kappa shape index (κ3) is 7.14. The molecule has 0 fully saturated rings. The van der Waals surface area contributed by atoms with Gasteiger partial charge in [0.05, 0.1) is 18.2 Å². The zero-order valence-corrected chi connectivity index (χ0v) is 18.6. The van der Waals surface area contributed by atoms with Crippen LogP contribution in [-0.4, -0.2) is 37.5 Å². The topological polar surface area (TPSA) is 109 Å². The number of esters is 1. The molecule has 3 aromatic carbocycles. The van der Waals surface area contributed by atoms with Crippen LogP contribution in [0.15, 0.2) is 78.9 Å². The minimum absolute atomic E-state index is 0.00618. The molecule has 35 heavy (non-hydrogen) atoms. The van der Waals surface area contributed by atoms with Crippen LogP contribution in [0.1, 0.15) is 16.8 Å². The summed E-state index contributed by atoms with van der Waals surface area (Å²) in [4.78, 5) is 38.9. The second kappa shape index (κ2) is 12.5. The Hall–Kier alpha value is -4.71. The van der Waals surface area contributed by atoms with Crippen LogP contribution in [0.4, 0.5) is 15.8 Å². The van der Waals surface area contributed by atoms with Crippen LogP contribution >= 0.6 is 0 Å². The molecule has 0 aliphatic rings. The van der Waals surface area contributed by atoms with Crippen LogP contribution in [0.3, 0.4) is 0 Å². The molecular formula is C26H22FN3O5. The lowest BCUT2D eigenvalue weighted by molar-refractivity contribution is -0.121. The number of halogens is 1. The summed E-state index contributed by atoms with van der Waals surface area (Å²) in [6, 6.07) is 22.5. The largest absolute Gasteiger partial charge is 0.483 e. The van der Waals surface area contributed by atoms with E-state index >= 15 is 0 Å². The number of amides is 2. The van der Waals surface area contributed by atoms with E-state index in [2.05, 4.69) is 5.32 Å². The van der Waals surface area contributed by atoms with Gasteiger partial charge in [-0.25, -0.2) is 9.18 Å². The number of nitrogens with zero attached hydrogens (tertiary/aromatic N) is 2. The molecule has 0 saturated heterocycles. The minimum Gasteiger partial charge on any atom is -0.483 e. The van der Waals surface area contributed by atoms with Gasteiger partial charge in [-0.2, -0.15) is 5.26 Å². The van der Waals surface area contributed by atoms with Crippen molar-refractivity contribution in [3.8, 4) is 11.8 Å². The zero-order valence-electron chi connectivity index (χ0n) is 18.6. The minimum atomic E-state index is -0.822. The number of anilines is 2. The molecule has 0 aliphatic heterocycles. The molecule has 0 atom stereocenters. The van der Waals surface area contributed by atoms with Crippen LogP contribution < -0.4 is 15.0 Å². The predicted octanol–water partition coefficient (Wildman–Crippen LogP) is 3.95. The third-order valence-electron chi connectivity index (χ3n) is 4.76. The highest BCUT2D eigenvalue weighted by Crippen LogP contribution is 2.20. The van der Waals surface area contributed by atoms with Crippen molar-refractivity contribution >= 4 is 29.2 Å². The maximum atomic E-state index is 13.7. The fourth-order valence-electron chi connectivity index (χ4n) is 3.10. The van der Waals surface area contributed by atoms with E-state index < -0.39 is 36.8 Å². The van der Waals surface area contributed by atoms with Crippen LogP contribution in [0.25, 0.3) is 0 Å². The van der Waals surface area contributed by atoms with Gasteiger partial charge < -0.3 is 19.7 Å². The lowest BCUT2D eigenvalue weighted by Crippen LogP contribution is -2.35. The smallest absolute Gasteiger partial charge is 0.342 e. The number of carbonyl (C=O) groups is 3. The normalized spacial score (nSPS) is 10.1. The quantitative estimate of drug-likeness (QED) is 0.445. The average Bonchev–Trinajstić information content (AvgIpc) is 2.88. The molecule has 0 unspecified atom stereocenters. The Balaban J connectivity index is 1.60. The Morgan fingerprint density at radius 2 is 1.60 bits per heavy atom. The van der Waals surface area contributed by atoms with E-state index in [0.29, 0.717) is 5.69 Å². The van der Waals surface area contributed by atoms with Gasteiger partial charge in [-0.1, -0.05) is 42.5 Å². The first-order valence-electron chi connectivity index (χ1n) is 10.7. The van der Waals surface area contributed by atoms with Gasteiger partial charge in [0.2, 0.25) is 0 Å². The van der Waals surface area contributed by atoms with Crippen molar-refractivity contribution in [3.63, 3.8) is 0 Å². The zero-order chi connectivity index (χ0) is 25.0. The lowest BCUT2D eigenvalue weighted by atomic mass is 10.2. The lowest BCUT2D eigenvalue weighted by Gasteiger charge is -2.21. The molecule has 0 radical (unpaired) electrons. The highest BCUT2D eigenvalue weighted by atomic mass is 19.1. The van der Waals surface area contributed by atoms with Crippen LogP contribution in [-0.2, 0) is 14.3 Å². The molecule has 0 aromatic heterocycles. The Morgan fingerprint density at radius 3 is 2.34 bits per heavy atom. The van der Waals surface area contributed by atoms with Gasteiger partial charge in [0.25, 0.3) is 11.8 Å². The number of rotatable bonds is 10. The number of carbonyl (C=O) groups excluding carboxylic acids is 3. The summed E-state index contributed by atoms with van der Waals surface area (Å²) in [6.07, 6.45) is 0.111. The maximum absolute atomic E-state index is 13.7. The number of benzene rings is 3. The van der Waals surface area contributed by atoms with E-state index in [0.717, 1.165) is 0 Å². The molecule has 9 heteroatoms. The Bertz CT molecular complexity index is 1230. The molecule has 3 rings (SSSR count). The van der Waals surface area contributed by atoms with Crippen molar-refractivity contribution < 1.29 is 28.2 Å². The molecule has 178 valence electrons. The Labute approximate surface area is 201 Å². The van der Waals surface area contributed by atoms with Crippen molar-refractivity contribution in [1.82, 2.24) is 0 Å². The van der Waals surface area contributed by atoms with E-state index in [9.17, 15) is 18.8 Å². The van der Waals surface area contributed by atoms with E-state index in [4.69, 9.17) is 14.7 Å². The third-order valence-corrected chi connectivity index (χ3v) is 4.76. The summed E-state index contributed by atoms with van der Waals surface area (Å²) in [5.41, 5.74) is 0.599. The van der Waals surface area contributed by atoms with Gasteiger partial charge in [0, 0.05) is 12.2 Å². The molecule has 8 nitrogen and oxygen atoms in total. The molecule has 0 bridgehead atoms. The molecule has 1 N–H and O–H groups in total. The summed E-state index contributed by atoms with van der Waals surface area (Å²) < 4.78 is 24.3. The molecular weight excluding hydrogens is 453 g/mol. The number of hydrogen-bond donors (Lipinski definition) is 1. The van der Waals surface area contributed by atoms with Crippen LogP contribution in [0.2, 0.25) is 0 Å². The summed E-state index contributed by atoms with van der Waals surface area (Å²) in [5.74, 6) is -2.46. The van der Waals surface area contributed by atoms with Gasteiger partial charge in [0.15, 0.2) is 13.2 Å². The first-order chi connectivity index (χ1) is 17.0. The monoisotopic (exact) mass is 475 g/mol. The predicted molar refractivity (Wildman–Crippen MR) is 126 cm³/mol. The van der Waals surface area contributed by atoms with Crippen molar-refractivity contribution in [1.29, 1.82) is 5.26 Å². The van der Waals surface area contributed by atoms with Gasteiger partial charge in [-0.3, -0.25) is 9.59 Å². The highest BCUT2D eigenvalue weighted by molar-refractivity contribution is 5.98. The van der Waals surface area contributed by atoms with Gasteiger partial charge in [-0.05, 0) is 36.4 Å². The Morgan fingerprint density at radius 1 is 0.914 bits per heavy atom.